The van der Waals surface area contributed by atoms with Crippen molar-refractivity contribution in [2.45, 2.75) is 32.6 Å². The van der Waals surface area contributed by atoms with Gasteiger partial charge in [0.1, 0.15) is 5.75 Å². The van der Waals surface area contributed by atoms with Crippen molar-refractivity contribution >= 4 is 5.69 Å². The van der Waals surface area contributed by atoms with Crippen molar-refractivity contribution in [2.75, 3.05) is 45.4 Å². The molecule has 5 nitrogen and oxygen atoms in total. The van der Waals surface area contributed by atoms with Crippen LogP contribution >= 0.6 is 0 Å². The maximum atomic E-state index is 5.81. The van der Waals surface area contributed by atoms with Crippen molar-refractivity contribution in [1.29, 1.82) is 0 Å². The van der Waals surface area contributed by atoms with Crippen LogP contribution in [0.2, 0.25) is 0 Å². The minimum Gasteiger partial charge on any atom is -0.495 e. The Morgan fingerprint density at radius 3 is 2.59 bits per heavy atom. The first kappa shape index (κ1) is 17.1. The Morgan fingerprint density at radius 1 is 1.23 bits per heavy atom. The minimum absolute atomic E-state index is 0.240. The zero-order valence-electron chi connectivity index (χ0n) is 14.1. The summed E-state index contributed by atoms with van der Waals surface area (Å²) in [5.74, 6) is 0.923. The summed E-state index contributed by atoms with van der Waals surface area (Å²) < 4.78 is 16.4. The molecule has 5 heteroatoms. The van der Waals surface area contributed by atoms with Gasteiger partial charge in [-0.3, -0.25) is 0 Å². The molecule has 0 amide bonds. The van der Waals surface area contributed by atoms with Crippen LogP contribution in [0.3, 0.4) is 0 Å². The average Bonchev–Trinajstić information content (AvgIpc) is 2.50. The maximum absolute atomic E-state index is 5.81. The molecule has 1 aliphatic rings. The normalized spacial score (nSPS) is 21.9. The van der Waals surface area contributed by atoms with E-state index in [0.29, 0.717) is 0 Å². The molecule has 1 N–H and O–H groups in total. The molecule has 2 rings (SSSR count). The summed E-state index contributed by atoms with van der Waals surface area (Å²) in [6.07, 6.45) is 0.479. The van der Waals surface area contributed by atoms with Crippen LogP contribution in [0.5, 0.6) is 5.75 Å². The van der Waals surface area contributed by atoms with Crippen LogP contribution in [0, 0.1) is 0 Å². The molecule has 0 aromatic heterocycles. The van der Waals surface area contributed by atoms with E-state index in [1.165, 1.54) is 5.56 Å². The van der Waals surface area contributed by atoms with Gasteiger partial charge in [-0.05, 0) is 31.5 Å². The number of ether oxygens (including phenoxy) is 3. The zero-order chi connectivity index (χ0) is 15.9. The van der Waals surface area contributed by atoms with Crippen molar-refractivity contribution < 1.29 is 14.2 Å². The number of nitrogens with one attached hydrogen (secondary N) is 1. The van der Waals surface area contributed by atoms with E-state index in [1.807, 2.05) is 0 Å². The van der Waals surface area contributed by atoms with Gasteiger partial charge in [0.2, 0.25) is 0 Å². The van der Waals surface area contributed by atoms with Crippen LogP contribution in [-0.2, 0) is 16.0 Å². The fraction of sp³-hybridized carbons (Fsp3) is 0.647. The molecular weight excluding hydrogens is 280 g/mol. The van der Waals surface area contributed by atoms with Crippen LogP contribution in [0.15, 0.2) is 18.2 Å². The summed E-state index contributed by atoms with van der Waals surface area (Å²) in [6, 6.07) is 6.42. The second-order valence-corrected chi connectivity index (χ2v) is 5.84. The van der Waals surface area contributed by atoms with Gasteiger partial charge in [-0.1, -0.05) is 6.07 Å². The molecule has 2 unspecified atom stereocenters. The van der Waals surface area contributed by atoms with Crippen LogP contribution in [0.4, 0.5) is 5.69 Å². The zero-order valence-corrected chi connectivity index (χ0v) is 14.1. The van der Waals surface area contributed by atoms with Crippen molar-refractivity contribution in [3.8, 4) is 5.75 Å². The van der Waals surface area contributed by atoms with E-state index in [0.717, 1.165) is 44.2 Å². The number of rotatable bonds is 7. The average molecular weight is 308 g/mol. The van der Waals surface area contributed by atoms with E-state index in [2.05, 4.69) is 42.3 Å². The molecule has 1 aromatic carbocycles. The van der Waals surface area contributed by atoms with Crippen LogP contribution < -0.4 is 15.0 Å². The molecular formula is C17H28N2O3. The summed E-state index contributed by atoms with van der Waals surface area (Å²) in [6.45, 7) is 8.40. The van der Waals surface area contributed by atoms with Crippen molar-refractivity contribution in [1.82, 2.24) is 5.32 Å². The summed E-state index contributed by atoms with van der Waals surface area (Å²) in [4.78, 5) is 2.35. The third-order valence-electron chi connectivity index (χ3n) is 3.82. The highest BCUT2D eigenvalue weighted by Crippen LogP contribution is 2.31. The number of anilines is 1. The highest BCUT2D eigenvalue weighted by molar-refractivity contribution is 5.60. The lowest BCUT2D eigenvalue weighted by molar-refractivity contribution is -0.00532. The standard InChI is InChI=1S/C17H28N2O3/c1-13-11-19(12-14(2)22-13)16-6-5-15(9-17(16)21-4)10-18-7-8-20-3/h5-6,9,13-14,18H,7-8,10-12H2,1-4H3. The van der Waals surface area contributed by atoms with Gasteiger partial charge in [-0.2, -0.15) is 0 Å². The fourth-order valence-corrected chi connectivity index (χ4v) is 2.87. The molecule has 0 spiro atoms. The van der Waals surface area contributed by atoms with Crippen molar-refractivity contribution in [2.24, 2.45) is 0 Å². The molecule has 1 aliphatic heterocycles. The highest BCUT2D eigenvalue weighted by Gasteiger charge is 2.24. The fourth-order valence-electron chi connectivity index (χ4n) is 2.87. The van der Waals surface area contributed by atoms with Gasteiger partial charge >= 0.3 is 0 Å². The number of methoxy groups -OCH3 is 2. The summed E-state index contributed by atoms with van der Waals surface area (Å²) in [5, 5.41) is 3.35. The van der Waals surface area contributed by atoms with Gasteiger partial charge in [0.15, 0.2) is 0 Å². The van der Waals surface area contributed by atoms with Crippen LogP contribution in [-0.4, -0.2) is 52.7 Å². The predicted molar refractivity (Wildman–Crippen MR) is 88.8 cm³/mol. The molecule has 2 atom stereocenters. The van der Waals surface area contributed by atoms with Gasteiger partial charge in [0.25, 0.3) is 0 Å². The lowest BCUT2D eigenvalue weighted by atomic mass is 10.1. The molecule has 22 heavy (non-hydrogen) atoms. The van der Waals surface area contributed by atoms with E-state index in [9.17, 15) is 0 Å². The van der Waals surface area contributed by atoms with Crippen LogP contribution in [0.1, 0.15) is 19.4 Å². The Morgan fingerprint density at radius 2 is 1.95 bits per heavy atom. The molecule has 1 aromatic rings. The number of hydrogen-bond acceptors (Lipinski definition) is 5. The van der Waals surface area contributed by atoms with Gasteiger partial charge < -0.3 is 24.4 Å². The molecule has 0 saturated carbocycles. The summed E-state index contributed by atoms with van der Waals surface area (Å²) in [5.41, 5.74) is 2.36. The van der Waals surface area contributed by atoms with Crippen molar-refractivity contribution in [3.63, 3.8) is 0 Å². The Labute approximate surface area is 133 Å². The van der Waals surface area contributed by atoms with E-state index < -0.39 is 0 Å². The molecule has 1 saturated heterocycles. The second kappa shape index (κ2) is 8.36. The monoisotopic (exact) mass is 308 g/mol. The Bertz CT molecular complexity index is 457. The largest absolute Gasteiger partial charge is 0.495 e. The molecule has 0 radical (unpaired) electrons. The third kappa shape index (κ3) is 4.60. The van der Waals surface area contributed by atoms with Gasteiger partial charge in [-0.15, -0.1) is 0 Å². The van der Waals surface area contributed by atoms with E-state index in [1.54, 1.807) is 14.2 Å². The van der Waals surface area contributed by atoms with Gasteiger partial charge in [0, 0.05) is 33.3 Å². The highest BCUT2D eigenvalue weighted by atomic mass is 16.5. The lowest BCUT2D eigenvalue weighted by Gasteiger charge is -2.37. The van der Waals surface area contributed by atoms with Crippen molar-refractivity contribution in [3.05, 3.63) is 23.8 Å². The number of nitrogens with zero attached hydrogens (tertiary/aromatic N) is 1. The Balaban J connectivity index is 2.05. The SMILES string of the molecule is COCCNCc1ccc(N2CC(C)OC(C)C2)c(OC)c1. The first-order chi connectivity index (χ1) is 10.6. The number of hydrogen-bond donors (Lipinski definition) is 1. The lowest BCUT2D eigenvalue weighted by Crippen LogP contribution is -2.45. The predicted octanol–water partition coefficient (Wildman–Crippen LogP) is 2.04. The smallest absolute Gasteiger partial charge is 0.142 e. The first-order valence-corrected chi connectivity index (χ1v) is 7.91. The molecule has 1 heterocycles. The van der Waals surface area contributed by atoms with Gasteiger partial charge in [-0.25, -0.2) is 0 Å². The molecule has 124 valence electrons. The van der Waals surface area contributed by atoms with E-state index in [4.69, 9.17) is 14.2 Å². The van der Waals surface area contributed by atoms with E-state index >= 15 is 0 Å². The topological polar surface area (TPSA) is 43.0 Å². The third-order valence-corrected chi connectivity index (χ3v) is 3.82. The summed E-state index contributed by atoms with van der Waals surface area (Å²) >= 11 is 0. The summed E-state index contributed by atoms with van der Waals surface area (Å²) in [7, 11) is 3.44. The number of benzene rings is 1. The van der Waals surface area contributed by atoms with Crippen LogP contribution in [0.25, 0.3) is 0 Å². The Hall–Kier alpha value is -1.30. The molecule has 0 bridgehead atoms. The van der Waals surface area contributed by atoms with Gasteiger partial charge in [0.05, 0.1) is 31.6 Å². The molecule has 0 aliphatic carbocycles. The second-order valence-electron chi connectivity index (χ2n) is 5.84. The Kier molecular flexibility index (Phi) is 6.49. The number of morpholine rings is 1. The maximum Gasteiger partial charge on any atom is 0.142 e. The minimum atomic E-state index is 0.240. The van der Waals surface area contributed by atoms with E-state index in [-0.39, 0.29) is 12.2 Å². The quantitative estimate of drug-likeness (QED) is 0.781. The first-order valence-electron chi connectivity index (χ1n) is 7.91. The molecule has 1 fully saturated rings.